The monoisotopic (exact) mass is 225 g/mol. The second-order valence-electron chi connectivity index (χ2n) is 3.49. The first kappa shape index (κ1) is 15.1. The second kappa shape index (κ2) is 10.6. The van der Waals surface area contributed by atoms with E-state index in [9.17, 15) is 5.11 Å². The van der Waals surface area contributed by atoms with E-state index < -0.39 is 0 Å². The van der Waals surface area contributed by atoms with E-state index in [2.05, 4.69) is 17.4 Å². The molecule has 3 N–H and O–H groups in total. The molecule has 1 atom stereocenters. The summed E-state index contributed by atoms with van der Waals surface area (Å²) in [6.07, 6.45) is 0.589. The van der Waals surface area contributed by atoms with Crippen molar-refractivity contribution in [2.24, 2.45) is 0 Å². The molecule has 0 saturated heterocycles. The summed E-state index contributed by atoms with van der Waals surface area (Å²) in [6.45, 7) is 5.41. The van der Waals surface area contributed by atoms with Crippen molar-refractivity contribution in [1.29, 1.82) is 0 Å². The molecule has 0 bridgehead atoms. The number of hydrogen-bond acceptors (Lipinski definition) is 3. The normalized spacial score (nSPS) is 11.5. The summed E-state index contributed by atoms with van der Waals surface area (Å²) in [5.41, 5.74) is 1.26. The number of benzene rings is 1. The molecule has 1 aromatic rings. The average molecular weight is 225 g/mol. The molecule has 0 spiro atoms. The van der Waals surface area contributed by atoms with Crippen LogP contribution in [-0.4, -0.2) is 29.5 Å². The third-order valence-corrected chi connectivity index (χ3v) is 2.02. The molecule has 1 unspecified atom stereocenters. The highest BCUT2D eigenvalue weighted by Gasteiger charge is 1.98. The van der Waals surface area contributed by atoms with Gasteiger partial charge < -0.3 is 15.5 Å². The highest BCUT2D eigenvalue weighted by Crippen LogP contribution is 1.97. The van der Waals surface area contributed by atoms with Crippen LogP contribution in [-0.2, 0) is 6.54 Å². The highest BCUT2D eigenvalue weighted by molar-refractivity contribution is 5.14. The van der Waals surface area contributed by atoms with Crippen molar-refractivity contribution in [3.8, 4) is 0 Å². The molecule has 16 heavy (non-hydrogen) atoms. The molecule has 0 aliphatic carbocycles. The lowest BCUT2D eigenvalue weighted by molar-refractivity contribution is 0.167. The molecule has 0 saturated carbocycles. The summed E-state index contributed by atoms with van der Waals surface area (Å²) in [6, 6.07) is 10.2. The molecular formula is C13H23NO2. The molecule has 0 heterocycles. The molecule has 0 amide bonds. The van der Waals surface area contributed by atoms with E-state index in [0.29, 0.717) is 6.54 Å². The van der Waals surface area contributed by atoms with Crippen LogP contribution in [0.4, 0.5) is 0 Å². The van der Waals surface area contributed by atoms with Crippen LogP contribution in [0.15, 0.2) is 30.3 Å². The largest absolute Gasteiger partial charge is 0.397 e. The molecular weight excluding hydrogens is 202 g/mol. The van der Waals surface area contributed by atoms with Gasteiger partial charge in [0.1, 0.15) is 0 Å². The second-order valence-corrected chi connectivity index (χ2v) is 3.49. The quantitative estimate of drug-likeness (QED) is 0.712. The van der Waals surface area contributed by atoms with Gasteiger partial charge in [0.05, 0.1) is 6.10 Å². The van der Waals surface area contributed by atoms with E-state index in [4.69, 9.17) is 5.11 Å². The maximum atomic E-state index is 9.27. The Morgan fingerprint density at radius 3 is 2.25 bits per heavy atom. The van der Waals surface area contributed by atoms with Gasteiger partial charge in [-0.25, -0.2) is 0 Å². The van der Waals surface area contributed by atoms with Gasteiger partial charge in [-0.05, 0) is 18.9 Å². The smallest absolute Gasteiger partial charge is 0.0662 e. The third-order valence-electron chi connectivity index (χ3n) is 2.02. The lowest BCUT2D eigenvalue weighted by Gasteiger charge is -2.08. The predicted molar refractivity (Wildman–Crippen MR) is 67.2 cm³/mol. The Balaban J connectivity index is 0.000000673. The van der Waals surface area contributed by atoms with E-state index in [1.54, 1.807) is 6.92 Å². The molecule has 0 aromatic heterocycles. The first-order chi connectivity index (χ1) is 7.74. The lowest BCUT2D eigenvalue weighted by atomic mass is 10.2. The summed E-state index contributed by atoms with van der Waals surface area (Å²) in [4.78, 5) is 0. The molecule has 0 radical (unpaired) electrons. The minimum absolute atomic E-state index is 0.219. The molecule has 92 valence electrons. The number of aliphatic hydroxyl groups excluding tert-OH is 2. The van der Waals surface area contributed by atoms with E-state index in [1.807, 2.05) is 25.1 Å². The number of aliphatic hydroxyl groups is 2. The van der Waals surface area contributed by atoms with Gasteiger partial charge in [0.2, 0.25) is 0 Å². The van der Waals surface area contributed by atoms with Gasteiger partial charge in [-0.1, -0.05) is 37.3 Å². The topological polar surface area (TPSA) is 52.5 Å². The van der Waals surface area contributed by atoms with Crippen LogP contribution in [0.25, 0.3) is 0 Å². The summed E-state index contributed by atoms with van der Waals surface area (Å²) in [5.74, 6) is 0. The summed E-state index contributed by atoms with van der Waals surface area (Å²) < 4.78 is 0. The summed E-state index contributed by atoms with van der Waals surface area (Å²) in [7, 11) is 0. The zero-order valence-electron chi connectivity index (χ0n) is 10.2. The number of rotatable bonds is 5. The van der Waals surface area contributed by atoms with Crippen molar-refractivity contribution in [2.75, 3.05) is 13.2 Å². The van der Waals surface area contributed by atoms with Gasteiger partial charge in [0.25, 0.3) is 0 Å². The van der Waals surface area contributed by atoms with Gasteiger partial charge >= 0.3 is 0 Å². The number of nitrogens with one attached hydrogen (secondary N) is 1. The Kier molecular flexibility index (Phi) is 10.0. The van der Waals surface area contributed by atoms with Crippen LogP contribution < -0.4 is 5.32 Å². The van der Waals surface area contributed by atoms with Gasteiger partial charge in [0, 0.05) is 19.7 Å². The first-order valence-corrected chi connectivity index (χ1v) is 5.78. The molecule has 1 aromatic carbocycles. The van der Waals surface area contributed by atoms with Crippen LogP contribution in [0.5, 0.6) is 0 Å². The van der Waals surface area contributed by atoms with Crippen molar-refractivity contribution < 1.29 is 10.2 Å². The SMILES string of the molecule is CCC(O)CNCc1ccccc1.CCO. The fourth-order valence-electron chi connectivity index (χ4n) is 1.12. The van der Waals surface area contributed by atoms with Gasteiger partial charge in [0.15, 0.2) is 0 Å². The van der Waals surface area contributed by atoms with Crippen molar-refractivity contribution >= 4 is 0 Å². The van der Waals surface area contributed by atoms with E-state index in [-0.39, 0.29) is 12.7 Å². The molecule has 3 heteroatoms. The molecule has 1 rings (SSSR count). The molecule has 0 fully saturated rings. The maximum absolute atomic E-state index is 9.27. The van der Waals surface area contributed by atoms with Crippen molar-refractivity contribution in [3.05, 3.63) is 35.9 Å². The Hall–Kier alpha value is -0.900. The molecule has 0 aliphatic rings. The van der Waals surface area contributed by atoms with Crippen LogP contribution in [0.2, 0.25) is 0 Å². The Morgan fingerprint density at radius 2 is 1.75 bits per heavy atom. The molecule has 3 nitrogen and oxygen atoms in total. The van der Waals surface area contributed by atoms with Crippen molar-refractivity contribution in [1.82, 2.24) is 5.32 Å². The zero-order chi connectivity index (χ0) is 12.2. The van der Waals surface area contributed by atoms with Gasteiger partial charge in [-0.3, -0.25) is 0 Å². The summed E-state index contributed by atoms with van der Waals surface area (Å²) >= 11 is 0. The lowest BCUT2D eigenvalue weighted by Crippen LogP contribution is -2.25. The van der Waals surface area contributed by atoms with Crippen molar-refractivity contribution in [3.63, 3.8) is 0 Å². The van der Waals surface area contributed by atoms with E-state index in [0.717, 1.165) is 13.0 Å². The third kappa shape index (κ3) is 8.41. The summed E-state index contributed by atoms with van der Waals surface area (Å²) in [5, 5.41) is 20.0. The maximum Gasteiger partial charge on any atom is 0.0662 e. The fourth-order valence-corrected chi connectivity index (χ4v) is 1.12. The van der Waals surface area contributed by atoms with Crippen molar-refractivity contribution in [2.45, 2.75) is 32.9 Å². The standard InChI is InChI=1S/C11H17NO.C2H6O/c1-2-11(13)9-12-8-10-6-4-3-5-7-10;1-2-3/h3-7,11-13H,2,8-9H2,1H3;3H,2H2,1H3. The van der Waals surface area contributed by atoms with Gasteiger partial charge in [-0.15, -0.1) is 0 Å². The first-order valence-electron chi connectivity index (χ1n) is 5.78. The van der Waals surface area contributed by atoms with E-state index >= 15 is 0 Å². The highest BCUT2D eigenvalue weighted by atomic mass is 16.3. The van der Waals surface area contributed by atoms with Crippen LogP contribution in [0, 0.1) is 0 Å². The minimum atomic E-state index is -0.219. The van der Waals surface area contributed by atoms with Crippen LogP contribution in [0.3, 0.4) is 0 Å². The minimum Gasteiger partial charge on any atom is -0.397 e. The Morgan fingerprint density at radius 1 is 1.19 bits per heavy atom. The number of hydrogen-bond donors (Lipinski definition) is 3. The van der Waals surface area contributed by atoms with Crippen LogP contribution in [0.1, 0.15) is 25.8 Å². The molecule has 0 aliphatic heterocycles. The Bertz CT molecular complexity index is 239. The van der Waals surface area contributed by atoms with Gasteiger partial charge in [-0.2, -0.15) is 0 Å². The zero-order valence-corrected chi connectivity index (χ0v) is 10.2. The van der Waals surface area contributed by atoms with Crippen LogP contribution >= 0.6 is 0 Å². The van der Waals surface area contributed by atoms with E-state index in [1.165, 1.54) is 5.56 Å². The average Bonchev–Trinajstić information content (AvgIpc) is 2.31. The fraction of sp³-hybridized carbons (Fsp3) is 0.538. The predicted octanol–water partition coefficient (Wildman–Crippen LogP) is 1.55. The Labute approximate surface area is 98.1 Å².